The molecule has 0 saturated carbocycles. The highest BCUT2D eigenvalue weighted by Crippen LogP contribution is 2.35. The molecule has 0 aliphatic carbocycles. The number of carbonyl (C=O) groups excluding carboxylic acids is 1. The fourth-order valence-corrected chi connectivity index (χ4v) is 3.94. The van der Waals surface area contributed by atoms with Gasteiger partial charge in [-0.2, -0.15) is 0 Å². The maximum Gasteiger partial charge on any atom is 0.217 e. The smallest absolute Gasteiger partial charge is 0.217 e. The maximum absolute atomic E-state index is 11.3. The second-order valence-corrected chi connectivity index (χ2v) is 6.27. The Labute approximate surface area is 121 Å². The van der Waals surface area contributed by atoms with Crippen molar-refractivity contribution in [3.63, 3.8) is 0 Å². The summed E-state index contributed by atoms with van der Waals surface area (Å²) in [5.74, 6) is 0.115. The Morgan fingerprint density at radius 1 is 1.20 bits per heavy atom. The molecule has 3 nitrogen and oxygen atoms in total. The van der Waals surface area contributed by atoms with E-state index in [1.165, 1.54) is 24.8 Å². The lowest BCUT2D eigenvalue weighted by Gasteiger charge is -2.49. The number of benzene rings is 1. The normalized spacial score (nSPS) is 29.9. The lowest BCUT2D eigenvalue weighted by molar-refractivity contribution is -0.120. The van der Waals surface area contributed by atoms with E-state index < -0.39 is 0 Å². The first-order chi connectivity index (χ1) is 9.72. The van der Waals surface area contributed by atoms with Gasteiger partial charge < -0.3 is 5.32 Å². The Bertz CT molecular complexity index is 445. The van der Waals surface area contributed by atoms with Crippen molar-refractivity contribution in [3.05, 3.63) is 35.9 Å². The molecule has 1 aromatic rings. The van der Waals surface area contributed by atoms with Crippen LogP contribution in [-0.4, -0.2) is 28.9 Å². The first-order valence-electron chi connectivity index (χ1n) is 7.79. The van der Waals surface area contributed by atoms with E-state index in [1.807, 2.05) is 0 Å². The Morgan fingerprint density at radius 2 is 1.85 bits per heavy atom. The summed E-state index contributed by atoms with van der Waals surface area (Å²) in [5, 5.41) is 3.13. The molecule has 2 fully saturated rings. The molecule has 1 unspecified atom stereocenters. The number of amides is 1. The number of carbonyl (C=O) groups is 1. The molecule has 2 saturated heterocycles. The molecule has 3 heteroatoms. The van der Waals surface area contributed by atoms with Crippen LogP contribution in [0.25, 0.3) is 0 Å². The minimum atomic E-state index is 0.115. The molecule has 0 spiro atoms. The molecule has 1 aromatic carbocycles. The topological polar surface area (TPSA) is 32.3 Å². The molecule has 1 amide bonds. The van der Waals surface area contributed by atoms with Crippen LogP contribution in [0.15, 0.2) is 30.3 Å². The van der Waals surface area contributed by atoms with Crippen LogP contribution in [0.3, 0.4) is 0 Å². The van der Waals surface area contributed by atoms with E-state index in [4.69, 9.17) is 0 Å². The average molecular weight is 272 g/mol. The SMILES string of the molecule is CC(=O)NC1C[C@H]2CCC[C@@H](C1)N2Cc1ccccc1. The number of nitrogens with zero attached hydrogens (tertiary/aromatic N) is 1. The van der Waals surface area contributed by atoms with Crippen LogP contribution in [0, 0.1) is 0 Å². The number of hydrogen-bond donors (Lipinski definition) is 1. The van der Waals surface area contributed by atoms with Crippen LogP contribution in [0.4, 0.5) is 0 Å². The number of piperidine rings is 2. The lowest BCUT2D eigenvalue weighted by Crippen LogP contribution is -2.56. The highest BCUT2D eigenvalue weighted by molar-refractivity contribution is 5.73. The number of rotatable bonds is 3. The molecule has 2 aliphatic rings. The molecule has 3 atom stereocenters. The van der Waals surface area contributed by atoms with Crippen molar-refractivity contribution in [1.82, 2.24) is 10.2 Å². The van der Waals surface area contributed by atoms with E-state index in [1.54, 1.807) is 6.92 Å². The van der Waals surface area contributed by atoms with Crippen LogP contribution in [0.5, 0.6) is 0 Å². The van der Waals surface area contributed by atoms with E-state index in [0.29, 0.717) is 18.1 Å². The molecule has 20 heavy (non-hydrogen) atoms. The van der Waals surface area contributed by atoms with Crippen molar-refractivity contribution in [2.45, 2.75) is 63.7 Å². The maximum atomic E-state index is 11.3. The molecule has 3 rings (SSSR count). The lowest BCUT2D eigenvalue weighted by atomic mass is 9.81. The van der Waals surface area contributed by atoms with Gasteiger partial charge in [-0.3, -0.25) is 9.69 Å². The minimum absolute atomic E-state index is 0.115. The van der Waals surface area contributed by atoms with Gasteiger partial charge in [-0.15, -0.1) is 0 Å². The third-order valence-electron chi connectivity index (χ3n) is 4.74. The summed E-state index contributed by atoms with van der Waals surface area (Å²) < 4.78 is 0. The van der Waals surface area contributed by atoms with Gasteiger partial charge in [-0.05, 0) is 31.2 Å². The zero-order valence-corrected chi connectivity index (χ0v) is 12.2. The van der Waals surface area contributed by atoms with Gasteiger partial charge in [0, 0.05) is 31.6 Å². The van der Waals surface area contributed by atoms with Crippen molar-refractivity contribution in [1.29, 1.82) is 0 Å². The largest absolute Gasteiger partial charge is 0.353 e. The first kappa shape index (κ1) is 13.6. The van der Waals surface area contributed by atoms with Crippen LogP contribution >= 0.6 is 0 Å². The van der Waals surface area contributed by atoms with Crippen molar-refractivity contribution >= 4 is 5.91 Å². The third-order valence-corrected chi connectivity index (χ3v) is 4.74. The molecule has 0 aromatic heterocycles. The van der Waals surface area contributed by atoms with E-state index >= 15 is 0 Å². The predicted molar refractivity (Wildman–Crippen MR) is 80.3 cm³/mol. The average Bonchev–Trinajstić information content (AvgIpc) is 2.40. The van der Waals surface area contributed by atoms with Gasteiger partial charge in [0.15, 0.2) is 0 Å². The van der Waals surface area contributed by atoms with E-state index in [9.17, 15) is 4.79 Å². The number of hydrogen-bond acceptors (Lipinski definition) is 2. The van der Waals surface area contributed by atoms with Crippen LogP contribution in [0.2, 0.25) is 0 Å². The summed E-state index contributed by atoms with van der Waals surface area (Å²) in [5.41, 5.74) is 1.40. The second kappa shape index (κ2) is 5.96. The summed E-state index contributed by atoms with van der Waals surface area (Å²) in [6.45, 7) is 2.69. The number of fused-ring (bicyclic) bond motifs is 2. The first-order valence-corrected chi connectivity index (χ1v) is 7.79. The van der Waals surface area contributed by atoms with E-state index in [2.05, 4.69) is 40.5 Å². The second-order valence-electron chi connectivity index (χ2n) is 6.27. The molecule has 2 heterocycles. The fourth-order valence-electron chi connectivity index (χ4n) is 3.94. The quantitative estimate of drug-likeness (QED) is 0.917. The van der Waals surface area contributed by atoms with Gasteiger partial charge in [0.05, 0.1) is 0 Å². The summed E-state index contributed by atoms with van der Waals surface area (Å²) in [6, 6.07) is 12.4. The minimum Gasteiger partial charge on any atom is -0.353 e. The number of nitrogens with one attached hydrogen (secondary N) is 1. The summed E-state index contributed by atoms with van der Waals surface area (Å²) in [6.07, 6.45) is 6.12. The Kier molecular flexibility index (Phi) is 4.06. The summed E-state index contributed by atoms with van der Waals surface area (Å²) in [4.78, 5) is 14.0. The molecule has 2 aliphatic heterocycles. The van der Waals surface area contributed by atoms with Gasteiger partial charge in [-0.1, -0.05) is 36.8 Å². The van der Waals surface area contributed by atoms with Crippen molar-refractivity contribution in [2.75, 3.05) is 0 Å². The van der Waals surface area contributed by atoms with Gasteiger partial charge in [0.25, 0.3) is 0 Å². The van der Waals surface area contributed by atoms with Gasteiger partial charge in [0.2, 0.25) is 5.91 Å². The summed E-state index contributed by atoms with van der Waals surface area (Å²) in [7, 11) is 0. The molecular weight excluding hydrogens is 248 g/mol. The third kappa shape index (κ3) is 3.04. The highest BCUT2D eigenvalue weighted by atomic mass is 16.1. The van der Waals surface area contributed by atoms with Crippen LogP contribution in [0.1, 0.15) is 44.6 Å². The monoisotopic (exact) mass is 272 g/mol. The molecule has 1 N–H and O–H groups in total. The van der Waals surface area contributed by atoms with Crippen LogP contribution < -0.4 is 5.32 Å². The van der Waals surface area contributed by atoms with Crippen molar-refractivity contribution in [2.24, 2.45) is 0 Å². The van der Waals surface area contributed by atoms with Gasteiger partial charge >= 0.3 is 0 Å². The van der Waals surface area contributed by atoms with Crippen LogP contribution in [-0.2, 0) is 11.3 Å². The van der Waals surface area contributed by atoms with Crippen molar-refractivity contribution < 1.29 is 4.79 Å². The summed E-state index contributed by atoms with van der Waals surface area (Å²) >= 11 is 0. The molecule has 2 bridgehead atoms. The predicted octanol–water partition coefficient (Wildman–Crippen LogP) is 2.71. The van der Waals surface area contributed by atoms with Gasteiger partial charge in [0.1, 0.15) is 0 Å². The standard InChI is InChI=1S/C17H24N2O/c1-13(20)18-15-10-16-8-5-9-17(11-15)19(16)12-14-6-3-2-4-7-14/h2-4,6-7,15-17H,5,8-12H2,1H3,(H,18,20)/t15?,16-,17+. The highest BCUT2D eigenvalue weighted by Gasteiger charge is 2.38. The Morgan fingerprint density at radius 3 is 2.45 bits per heavy atom. The van der Waals surface area contributed by atoms with Gasteiger partial charge in [-0.25, -0.2) is 0 Å². The van der Waals surface area contributed by atoms with Crippen molar-refractivity contribution in [3.8, 4) is 0 Å². The Hall–Kier alpha value is -1.35. The van der Waals surface area contributed by atoms with E-state index in [0.717, 1.165) is 19.4 Å². The molecule has 0 radical (unpaired) electrons. The fraction of sp³-hybridized carbons (Fsp3) is 0.588. The Balaban J connectivity index is 1.69. The zero-order chi connectivity index (χ0) is 13.9. The zero-order valence-electron chi connectivity index (χ0n) is 12.2. The van der Waals surface area contributed by atoms with E-state index in [-0.39, 0.29) is 5.91 Å². The molecular formula is C17H24N2O. The molecule has 108 valence electrons.